The number of hydrogen-bond donors (Lipinski definition) is 0. The fraction of sp³-hybridized carbons (Fsp3) is 0.417. The molecule has 0 bridgehead atoms. The summed E-state index contributed by atoms with van der Waals surface area (Å²) in [6.07, 6.45) is 2.37. The van der Waals surface area contributed by atoms with Crippen LogP contribution in [0.4, 0.5) is 10.3 Å². The van der Waals surface area contributed by atoms with Crippen LogP contribution in [0.2, 0.25) is 0 Å². The second-order valence-corrected chi connectivity index (χ2v) is 4.44. The van der Waals surface area contributed by atoms with Crippen molar-refractivity contribution in [2.75, 3.05) is 18.0 Å². The van der Waals surface area contributed by atoms with E-state index in [1.165, 1.54) is 25.0 Å². The van der Waals surface area contributed by atoms with Gasteiger partial charge in [-0.25, -0.2) is 4.39 Å². The Morgan fingerprint density at radius 2 is 1.83 bits per heavy atom. The predicted molar refractivity (Wildman–Crippen MR) is 64.8 cm³/mol. The fourth-order valence-corrected chi connectivity index (χ4v) is 2.10. The lowest BCUT2D eigenvalue weighted by molar-refractivity contribution is 0.570. The quantitative estimate of drug-likeness (QED) is 0.823. The van der Waals surface area contributed by atoms with Gasteiger partial charge in [0.05, 0.1) is 6.54 Å². The summed E-state index contributed by atoms with van der Waals surface area (Å²) in [5.41, 5.74) is 0.960. The summed E-state index contributed by atoms with van der Waals surface area (Å²) < 4.78 is 12.8. The third-order valence-corrected chi connectivity index (χ3v) is 3.07. The van der Waals surface area contributed by atoms with Gasteiger partial charge in [-0.2, -0.15) is 4.80 Å². The molecule has 5 nitrogen and oxygen atoms in total. The molecule has 6 heteroatoms. The van der Waals surface area contributed by atoms with Gasteiger partial charge in [-0.15, -0.1) is 5.10 Å². The highest BCUT2D eigenvalue weighted by molar-refractivity contribution is 5.27. The molecule has 1 saturated heterocycles. The minimum atomic E-state index is -0.233. The Kier molecular flexibility index (Phi) is 2.92. The Morgan fingerprint density at radius 3 is 2.56 bits per heavy atom. The van der Waals surface area contributed by atoms with Crippen molar-refractivity contribution in [3.63, 3.8) is 0 Å². The molecule has 0 unspecified atom stereocenters. The van der Waals surface area contributed by atoms with Crippen molar-refractivity contribution in [2.24, 2.45) is 0 Å². The van der Waals surface area contributed by atoms with E-state index in [2.05, 4.69) is 20.3 Å². The van der Waals surface area contributed by atoms with Crippen molar-refractivity contribution in [1.29, 1.82) is 0 Å². The first-order chi connectivity index (χ1) is 8.81. The van der Waals surface area contributed by atoms with Crippen LogP contribution in [0.25, 0.3) is 0 Å². The highest BCUT2D eigenvalue weighted by Gasteiger charge is 2.16. The van der Waals surface area contributed by atoms with Gasteiger partial charge >= 0.3 is 0 Å². The van der Waals surface area contributed by atoms with Crippen molar-refractivity contribution >= 4 is 5.95 Å². The molecule has 94 valence electrons. The molecule has 0 atom stereocenters. The third kappa shape index (κ3) is 2.32. The van der Waals surface area contributed by atoms with E-state index >= 15 is 0 Å². The number of benzene rings is 1. The molecule has 18 heavy (non-hydrogen) atoms. The van der Waals surface area contributed by atoms with E-state index < -0.39 is 0 Å². The third-order valence-electron chi connectivity index (χ3n) is 3.07. The van der Waals surface area contributed by atoms with Crippen molar-refractivity contribution in [3.8, 4) is 0 Å². The number of anilines is 1. The standard InChI is InChI=1S/C12H14FN5/c13-11-5-3-10(4-6-11)9-18-15-12(14-16-18)17-7-1-2-8-17/h3-6H,1-2,7-9H2. The van der Waals surface area contributed by atoms with Gasteiger partial charge < -0.3 is 4.90 Å². The second-order valence-electron chi connectivity index (χ2n) is 4.44. The average molecular weight is 247 g/mol. The topological polar surface area (TPSA) is 46.8 Å². The maximum Gasteiger partial charge on any atom is 0.266 e. The fourth-order valence-electron chi connectivity index (χ4n) is 2.10. The maximum absolute atomic E-state index is 12.8. The maximum atomic E-state index is 12.8. The van der Waals surface area contributed by atoms with Crippen molar-refractivity contribution < 1.29 is 4.39 Å². The summed E-state index contributed by atoms with van der Waals surface area (Å²) in [5, 5.41) is 12.4. The zero-order valence-corrected chi connectivity index (χ0v) is 9.96. The predicted octanol–water partition coefficient (Wildman–Crippen LogP) is 1.46. The van der Waals surface area contributed by atoms with Crippen LogP contribution in [-0.2, 0) is 6.54 Å². The summed E-state index contributed by atoms with van der Waals surface area (Å²) in [6, 6.07) is 6.34. The van der Waals surface area contributed by atoms with Crippen LogP contribution < -0.4 is 4.90 Å². The van der Waals surface area contributed by atoms with Crippen LogP contribution in [-0.4, -0.2) is 33.3 Å². The minimum Gasteiger partial charge on any atom is -0.338 e. The van der Waals surface area contributed by atoms with Gasteiger partial charge in [-0.3, -0.25) is 0 Å². The van der Waals surface area contributed by atoms with Gasteiger partial charge in [-0.1, -0.05) is 17.2 Å². The number of hydrogen-bond acceptors (Lipinski definition) is 4. The van der Waals surface area contributed by atoms with Crippen molar-refractivity contribution in [2.45, 2.75) is 19.4 Å². The monoisotopic (exact) mass is 247 g/mol. The molecule has 1 aromatic heterocycles. The lowest BCUT2D eigenvalue weighted by atomic mass is 10.2. The Labute approximate surface area is 104 Å². The van der Waals surface area contributed by atoms with Crippen molar-refractivity contribution in [1.82, 2.24) is 20.2 Å². The molecule has 0 N–H and O–H groups in total. The number of rotatable bonds is 3. The van der Waals surface area contributed by atoms with Gasteiger partial charge in [-0.05, 0) is 35.8 Å². The summed E-state index contributed by atoms with van der Waals surface area (Å²) in [4.78, 5) is 3.68. The van der Waals surface area contributed by atoms with E-state index in [1.54, 1.807) is 16.9 Å². The molecule has 0 aliphatic carbocycles. The smallest absolute Gasteiger partial charge is 0.266 e. The number of tetrazole rings is 1. The molecule has 2 aromatic rings. The van der Waals surface area contributed by atoms with Gasteiger partial charge in [0.1, 0.15) is 5.82 Å². The van der Waals surface area contributed by atoms with Crippen LogP contribution in [0, 0.1) is 5.82 Å². The van der Waals surface area contributed by atoms with E-state index in [1.807, 2.05) is 0 Å². The lowest BCUT2D eigenvalue weighted by Gasteiger charge is -2.09. The van der Waals surface area contributed by atoms with E-state index in [4.69, 9.17) is 0 Å². The van der Waals surface area contributed by atoms with Gasteiger partial charge in [0.2, 0.25) is 0 Å². The molecule has 1 aliphatic heterocycles. The largest absolute Gasteiger partial charge is 0.338 e. The minimum absolute atomic E-state index is 0.233. The van der Waals surface area contributed by atoms with Gasteiger partial charge in [0.25, 0.3) is 5.95 Å². The van der Waals surface area contributed by atoms with Crippen molar-refractivity contribution in [3.05, 3.63) is 35.6 Å². The molecular formula is C12H14FN5. The Balaban J connectivity index is 1.71. The van der Waals surface area contributed by atoms with E-state index in [9.17, 15) is 4.39 Å². The first-order valence-corrected chi connectivity index (χ1v) is 6.08. The van der Waals surface area contributed by atoms with Crippen LogP contribution in [0.1, 0.15) is 18.4 Å². The van der Waals surface area contributed by atoms with Crippen LogP contribution in [0.5, 0.6) is 0 Å². The molecule has 0 radical (unpaired) electrons. The molecule has 2 heterocycles. The number of aromatic nitrogens is 4. The van der Waals surface area contributed by atoms with Crippen LogP contribution >= 0.6 is 0 Å². The normalized spacial score (nSPS) is 15.3. The Morgan fingerprint density at radius 1 is 1.11 bits per heavy atom. The Bertz CT molecular complexity index is 516. The Hall–Kier alpha value is -1.98. The summed E-state index contributed by atoms with van der Waals surface area (Å²) in [7, 11) is 0. The number of halogens is 1. The highest BCUT2D eigenvalue weighted by atomic mass is 19.1. The highest BCUT2D eigenvalue weighted by Crippen LogP contribution is 2.14. The number of nitrogens with zero attached hydrogens (tertiary/aromatic N) is 5. The lowest BCUT2D eigenvalue weighted by Crippen LogP contribution is -2.19. The molecule has 3 rings (SSSR count). The van der Waals surface area contributed by atoms with Crippen LogP contribution in [0.3, 0.4) is 0 Å². The van der Waals surface area contributed by atoms with Gasteiger partial charge in [0, 0.05) is 13.1 Å². The van der Waals surface area contributed by atoms with E-state index in [-0.39, 0.29) is 5.82 Å². The zero-order valence-electron chi connectivity index (χ0n) is 9.96. The first kappa shape index (κ1) is 11.1. The summed E-state index contributed by atoms with van der Waals surface area (Å²) >= 11 is 0. The molecule has 0 spiro atoms. The summed E-state index contributed by atoms with van der Waals surface area (Å²) in [6.45, 7) is 2.52. The molecule has 0 saturated carbocycles. The molecule has 0 amide bonds. The van der Waals surface area contributed by atoms with E-state index in [0.717, 1.165) is 18.7 Å². The summed E-state index contributed by atoms with van der Waals surface area (Å²) in [5.74, 6) is 0.456. The second kappa shape index (κ2) is 4.72. The molecule has 1 aliphatic rings. The zero-order chi connectivity index (χ0) is 12.4. The molecular weight excluding hydrogens is 233 g/mol. The molecule has 1 aromatic carbocycles. The first-order valence-electron chi connectivity index (χ1n) is 6.08. The molecule has 1 fully saturated rings. The SMILES string of the molecule is Fc1ccc(Cn2nnc(N3CCCC3)n2)cc1. The van der Waals surface area contributed by atoms with E-state index in [0.29, 0.717) is 12.5 Å². The van der Waals surface area contributed by atoms with Gasteiger partial charge in [0.15, 0.2) is 0 Å². The average Bonchev–Trinajstić information content (AvgIpc) is 3.02. The van der Waals surface area contributed by atoms with Crippen LogP contribution in [0.15, 0.2) is 24.3 Å².